The third-order valence-electron chi connectivity index (χ3n) is 10.2. The van der Waals surface area contributed by atoms with Crippen molar-refractivity contribution in [2.24, 2.45) is 10.9 Å². The van der Waals surface area contributed by atoms with Crippen molar-refractivity contribution in [1.82, 2.24) is 0 Å². The summed E-state index contributed by atoms with van der Waals surface area (Å²) in [6.07, 6.45) is 0. The fourth-order valence-electron chi connectivity index (χ4n) is 6.78. The van der Waals surface area contributed by atoms with Crippen LogP contribution in [0.25, 0.3) is 27.6 Å². The third-order valence-corrected chi connectivity index (χ3v) is 10.2. The Morgan fingerprint density at radius 3 is 1.13 bits per heavy atom. The van der Waals surface area contributed by atoms with Crippen molar-refractivity contribution >= 4 is 22.2 Å². The van der Waals surface area contributed by atoms with Gasteiger partial charge in [-0.15, -0.1) is 0 Å². The minimum Gasteiger partial charge on any atom is -0.253 e. The molecule has 0 heterocycles. The average molecular weight is 904 g/mol. The molecule has 1 nitrogen and oxygen atoms in total. The van der Waals surface area contributed by atoms with E-state index < -0.39 is 0 Å². The Labute approximate surface area is 415 Å². The maximum Gasteiger partial charge on any atom is 0.0633 e. The Morgan fingerprint density at radius 1 is 0.397 bits per heavy atom. The highest BCUT2D eigenvalue weighted by atomic mass is 14.7. The van der Waals surface area contributed by atoms with Gasteiger partial charge in [0.05, 0.1) is 5.70 Å². The minimum absolute atomic E-state index is 0.152. The molecule has 1 aliphatic rings. The van der Waals surface area contributed by atoms with E-state index in [0.29, 0.717) is 0 Å². The van der Waals surface area contributed by atoms with Crippen LogP contribution in [0.3, 0.4) is 0 Å². The molecule has 68 heavy (non-hydrogen) atoms. The van der Waals surface area contributed by atoms with Crippen LogP contribution in [-0.2, 0) is 5.41 Å². The van der Waals surface area contributed by atoms with Crippen LogP contribution in [0.15, 0.2) is 218 Å². The molecule has 0 atom stereocenters. The van der Waals surface area contributed by atoms with Crippen molar-refractivity contribution in [2.75, 3.05) is 0 Å². The monoisotopic (exact) mass is 904 g/mol. The molecule has 0 unspecified atom stereocenters. The number of fused-ring (bicyclic) bond motifs is 4. The highest BCUT2D eigenvalue weighted by Gasteiger charge is 2.34. The molecule has 0 amide bonds. The fourth-order valence-corrected chi connectivity index (χ4v) is 6.78. The molecule has 0 spiro atoms. The fraction of sp³-hybridized carbons (Fsp3) is 0.269. The first-order valence-corrected chi connectivity index (χ1v) is 24.8. The molecule has 0 radical (unpaired) electrons. The lowest BCUT2D eigenvalue weighted by Gasteiger charge is -2.21. The minimum atomic E-state index is 0.152. The molecular weight excluding hydrogens is 819 g/mol. The summed E-state index contributed by atoms with van der Waals surface area (Å²) in [5.74, 6) is 0.833. The first kappa shape index (κ1) is 59.4. The molecule has 8 aromatic rings. The Kier molecular flexibility index (Phi) is 29.6. The lowest BCUT2D eigenvalue weighted by atomic mass is 9.82. The van der Waals surface area contributed by atoms with Gasteiger partial charge in [-0.25, -0.2) is 0 Å². The average Bonchev–Trinajstić information content (AvgIpc) is 3.60. The van der Waals surface area contributed by atoms with E-state index in [9.17, 15) is 0 Å². The second-order valence-electron chi connectivity index (χ2n) is 17.0. The number of aryl methyl sites for hydroxylation is 4. The van der Waals surface area contributed by atoms with Crippen LogP contribution in [0, 0.1) is 33.6 Å². The van der Waals surface area contributed by atoms with Gasteiger partial charge in [-0.3, -0.25) is 4.99 Å². The summed E-state index contributed by atoms with van der Waals surface area (Å²) in [5.41, 5.74) is 15.2. The maximum absolute atomic E-state index is 4.54. The summed E-state index contributed by atoms with van der Waals surface area (Å²) in [4.78, 5) is 4.54. The zero-order valence-corrected chi connectivity index (χ0v) is 44.9. The van der Waals surface area contributed by atoms with Crippen molar-refractivity contribution in [1.29, 1.82) is 0 Å². The van der Waals surface area contributed by atoms with Gasteiger partial charge in [0.2, 0.25) is 0 Å². The van der Waals surface area contributed by atoms with E-state index in [1.54, 1.807) is 0 Å². The molecule has 1 aliphatic carbocycles. The number of aliphatic imine (C=N–C) groups is 1. The lowest BCUT2D eigenvalue weighted by molar-refractivity contribution is 0.660. The molecule has 0 aliphatic heterocycles. The highest BCUT2D eigenvalue weighted by Crippen LogP contribution is 2.48. The van der Waals surface area contributed by atoms with Crippen LogP contribution in [0.2, 0.25) is 0 Å². The van der Waals surface area contributed by atoms with Gasteiger partial charge in [0, 0.05) is 11.1 Å². The Balaban J connectivity index is 0.000000418. The Morgan fingerprint density at radius 2 is 0.721 bits per heavy atom. The van der Waals surface area contributed by atoms with Gasteiger partial charge in [0.25, 0.3) is 0 Å². The largest absolute Gasteiger partial charge is 0.253 e. The molecule has 0 N–H and O–H groups in total. The molecular formula is C67H85N. The molecule has 0 saturated carbocycles. The quantitative estimate of drug-likeness (QED) is 0.157. The van der Waals surface area contributed by atoms with Gasteiger partial charge in [-0.2, -0.15) is 0 Å². The van der Waals surface area contributed by atoms with E-state index in [4.69, 9.17) is 0 Å². The summed E-state index contributed by atoms with van der Waals surface area (Å²) in [6, 6.07) is 71.2. The molecule has 358 valence electrons. The standard InChI is InChI=1S/C16H15N.C16H16.C10H8.C8H10.C7H8.C4H10.3C2H6/c1-13(15-9-5-3-6-10-15)17-14(2)16-11-7-4-8-12-16;1-11-8-9-15-13(10-11)12-6-4-5-7-14(12)16(15,2)3;1-2-6-10-8-4-3-7-9(10)5-1;1-7-3-5-8(2)6-4-7;1-7-5-3-2-4-6-7;1-4(2)3;3*1-2/h3-12H,1H2,2H3;4-10H,1-3H3;1-8H;3-6H,1-2H3;2-6H,1H3;4H,1-3H3;3*1-2H3. The van der Waals surface area contributed by atoms with Crippen molar-refractivity contribution in [3.8, 4) is 11.1 Å². The summed E-state index contributed by atoms with van der Waals surface area (Å²) < 4.78 is 0. The van der Waals surface area contributed by atoms with E-state index in [1.807, 2.05) is 115 Å². The van der Waals surface area contributed by atoms with Crippen LogP contribution < -0.4 is 0 Å². The molecule has 0 fully saturated rings. The SMILES string of the molecule is C=C(N=C(C)c1ccccc1)c1ccccc1.CC.CC.CC.CC(C)C.Cc1ccc(C)cc1.Cc1ccc2c(c1)-c1ccccc1C2(C)C.Cc1ccccc1.c1ccc2ccccc2c1. The topological polar surface area (TPSA) is 12.4 Å². The van der Waals surface area contributed by atoms with E-state index in [-0.39, 0.29) is 5.41 Å². The number of hydrogen-bond acceptors (Lipinski definition) is 1. The van der Waals surface area contributed by atoms with Gasteiger partial charge in [-0.1, -0.05) is 311 Å². The highest BCUT2D eigenvalue weighted by molar-refractivity contribution is 6.01. The second kappa shape index (κ2) is 33.8. The second-order valence-corrected chi connectivity index (χ2v) is 17.0. The van der Waals surface area contributed by atoms with Gasteiger partial charge in [-0.05, 0) is 84.7 Å². The summed E-state index contributed by atoms with van der Waals surface area (Å²) >= 11 is 0. The summed E-state index contributed by atoms with van der Waals surface area (Å²) in [7, 11) is 0. The van der Waals surface area contributed by atoms with Crippen LogP contribution >= 0.6 is 0 Å². The van der Waals surface area contributed by atoms with Gasteiger partial charge in [0.1, 0.15) is 0 Å². The normalized spacial score (nSPS) is 10.8. The van der Waals surface area contributed by atoms with Crippen molar-refractivity contribution in [2.45, 2.75) is 116 Å². The first-order chi connectivity index (χ1) is 32.8. The summed E-state index contributed by atoms with van der Waals surface area (Å²) in [5, 5.41) is 2.62. The van der Waals surface area contributed by atoms with Crippen LogP contribution in [0.1, 0.15) is 128 Å². The van der Waals surface area contributed by atoms with Crippen LogP contribution in [0.4, 0.5) is 0 Å². The molecule has 0 bridgehead atoms. The first-order valence-electron chi connectivity index (χ1n) is 24.8. The van der Waals surface area contributed by atoms with E-state index in [1.165, 1.54) is 55.3 Å². The molecule has 8 aromatic carbocycles. The third kappa shape index (κ3) is 21.4. The zero-order chi connectivity index (χ0) is 50.9. The van der Waals surface area contributed by atoms with Crippen molar-refractivity contribution < 1.29 is 0 Å². The molecule has 0 saturated heterocycles. The van der Waals surface area contributed by atoms with Crippen molar-refractivity contribution in [3.05, 3.63) is 257 Å². The molecule has 9 rings (SSSR count). The van der Waals surface area contributed by atoms with E-state index in [0.717, 1.165) is 28.5 Å². The van der Waals surface area contributed by atoms with Crippen molar-refractivity contribution in [3.63, 3.8) is 0 Å². The number of rotatable bonds is 3. The van der Waals surface area contributed by atoms with E-state index in [2.05, 4.69) is 213 Å². The lowest BCUT2D eigenvalue weighted by Crippen LogP contribution is -2.14. The zero-order valence-electron chi connectivity index (χ0n) is 44.9. The number of nitrogens with zero attached hydrogens (tertiary/aromatic N) is 1. The Hall–Kier alpha value is -6.57. The van der Waals surface area contributed by atoms with Crippen LogP contribution in [0.5, 0.6) is 0 Å². The smallest absolute Gasteiger partial charge is 0.0633 e. The Bertz CT molecular complexity index is 2470. The predicted molar refractivity (Wildman–Crippen MR) is 308 cm³/mol. The summed E-state index contributed by atoms with van der Waals surface area (Å²) in [6.45, 7) is 37.6. The molecule has 0 aromatic heterocycles. The maximum atomic E-state index is 4.54. The number of benzene rings is 8. The molecule has 1 heteroatoms. The van der Waals surface area contributed by atoms with E-state index >= 15 is 0 Å². The predicted octanol–water partition coefficient (Wildman–Crippen LogP) is 20.3. The van der Waals surface area contributed by atoms with Gasteiger partial charge in [0.15, 0.2) is 0 Å². The van der Waals surface area contributed by atoms with Gasteiger partial charge < -0.3 is 0 Å². The number of hydrogen-bond donors (Lipinski definition) is 0. The van der Waals surface area contributed by atoms with Gasteiger partial charge >= 0.3 is 0 Å². The van der Waals surface area contributed by atoms with Crippen LogP contribution in [-0.4, -0.2) is 5.71 Å².